The van der Waals surface area contributed by atoms with Gasteiger partial charge in [-0.25, -0.2) is 19.7 Å². The van der Waals surface area contributed by atoms with Crippen molar-refractivity contribution in [2.24, 2.45) is 0 Å². The molecule has 0 amide bonds. The van der Waals surface area contributed by atoms with Gasteiger partial charge in [0.2, 0.25) is 0 Å². The van der Waals surface area contributed by atoms with Gasteiger partial charge < -0.3 is 25.4 Å². The van der Waals surface area contributed by atoms with E-state index in [1.165, 1.54) is 17.2 Å². The van der Waals surface area contributed by atoms with Gasteiger partial charge in [-0.1, -0.05) is 30.3 Å². The monoisotopic (exact) mass is 371 g/mol. The number of anilines is 1. The number of nitrogen functional groups attached to an aromatic ring is 1. The summed E-state index contributed by atoms with van der Waals surface area (Å²) in [6, 6.07) is 9.10. The van der Waals surface area contributed by atoms with Crippen LogP contribution in [0.15, 0.2) is 43.0 Å². The molecule has 10 nitrogen and oxygen atoms in total. The van der Waals surface area contributed by atoms with Crippen LogP contribution in [0.25, 0.3) is 11.2 Å². The summed E-state index contributed by atoms with van der Waals surface area (Å²) in [6.07, 6.45) is -2.66. The summed E-state index contributed by atoms with van der Waals surface area (Å²) in [4.78, 5) is 24.3. The van der Waals surface area contributed by atoms with Crippen LogP contribution in [-0.4, -0.2) is 54.0 Å². The van der Waals surface area contributed by atoms with Crippen molar-refractivity contribution >= 4 is 23.0 Å². The number of ether oxygens (including phenoxy) is 2. The summed E-state index contributed by atoms with van der Waals surface area (Å²) in [5, 5.41) is 20.6. The van der Waals surface area contributed by atoms with Crippen LogP contribution in [-0.2, 0) is 20.9 Å². The normalized spacial score (nSPS) is 25.0. The third-order valence-electron chi connectivity index (χ3n) is 4.36. The van der Waals surface area contributed by atoms with Crippen LogP contribution in [0, 0.1) is 0 Å². The molecule has 1 fully saturated rings. The molecule has 3 heterocycles. The van der Waals surface area contributed by atoms with Crippen molar-refractivity contribution in [3.05, 3.63) is 48.5 Å². The first-order chi connectivity index (χ1) is 13.1. The number of nitrogens with zero attached hydrogens (tertiary/aromatic N) is 4. The van der Waals surface area contributed by atoms with Gasteiger partial charge in [-0.15, -0.1) is 0 Å². The lowest BCUT2D eigenvalue weighted by molar-refractivity contribution is -0.163. The first-order valence-corrected chi connectivity index (χ1v) is 8.21. The van der Waals surface area contributed by atoms with Gasteiger partial charge in [-0.2, -0.15) is 0 Å². The fourth-order valence-corrected chi connectivity index (χ4v) is 2.95. The Balaban J connectivity index is 1.52. The lowest BCUT2D eigenvalue weighted by atomic mass is 10.1. The maximum Gasteiger partial charge on any atom is 0.338 e. The second kappa shape index (κ2) is 6.91. The lowest BCUT2D eigenvalue weighted by Gasteiger charge is -2.16. The number of carbonyl (C=O) groups excluding carboxylic acids is 1. The molecular formula is C17H17N5O5. The Morgan fingerprint density at radius 3 is 2.74 bits per heavy atom. The maximum atomic E-state index is 12.3. The zero-order valence-corrected chi connectivity index (χ0v) is 14.0. The molecule has 1 saturated heterocycles. The van der Waals surface area contributed by atoms with Crippen LogP contribution in [0.5, 0.6) is 0 Å². The van der Waals surface area contributed by atoms with Gasteiger partial charge in [-0.05, 0) is 5.56 Å². The van der Waals surface area contributed by atoms with E-state index in [4.69, 9.17) is 15.2 Å². The number of esters is 1. The number of carbonyl (C=O) groups is 1. The standard InChI is InChI=1S/C17H17N5O5/c18-14-10-15(20-7-19-14)22(8-21-10)16-12(24)11(23)13(27-16)17(25)26-6-9-4-2-1-3-5-9/h1-5,7-8,11-13,16,23-24H,6H2,(H2,18,19,20)/t11-,12+,13-,16?/m0/s1. The SMILES string of the molecule is Nc1ncnc2c1ncn2C1O[C@H](C(=O)OCc2ccccc2)[C@@H](O)[C@H]1O. The van der Waals surface area contributed by atoms with Crippen molar-refractivity contribution in [3.63, 3.8) is 0 Å². The number of fused-ring (bicyclic) bond motifs is 1. The number of aliphatic hydroxyl groups excluding tert-OH is 2. The third kappa shape index (κ3) is 3.10. The van der Waals surface area contributed by atoms with E-state index in [1.54, 1.807) is 12.1 Å². The van der Waals surface area contributed by atoms with E-state index in [0.717, 1.165) is 5.56 Å². The molecule has 0 aliphatic carbocycles. The zero-order valence-electron chi connectivity index (χ0n) is 14.0. The molecule has 3 aromatic rings. The Morgan fingerprint density at radius 1 is 1.19 bits per heavy atom. The predicted molar refractivity (Wildman–Crippen MR) is 91.9 cm³/mol. The van der Waals surface area contributed by atoms with Gasteiger partial charge in [0.15, 0.2) is 23.8 Å². The highest BCUT2D eigenvalue weighted by Crippen LogP contribution is 2.32. The molecule has 4 atom stereocenters. The molecule has 1 aliphatic heterocycles. The second-order valence-corrected chi connectivity index (χ2v) is 6.10. The highest BCUT2D eigenvalue weighted by Gasteiger charge is 2.48. The first-order valence-electron chi connectivity index (χ1n) is 8.21. The Labute approximate surface area is 153 Å². The van der Waals surface area contributed by atoms with Gasteiger partial charge in [0.05, 0.1) is 6.33 Å². The summed E-state index contributed by atoms with van der Waals surface area (Å²) >= 11 is 0. The first kappa shape index (κ1) is 17.3. The van der Waals surface area contributed by atoms with Crippen molar-refractivity contribution in [2.45, 2.75) is 31.1 Å². The Morgan fingerprint density at radius 2 is 1.96 bits per heavy atom. The molecule has 4 N–H and O–H groups in total. The number of benzene rings is 1. The molecule has 0 radical (unpaired) electrons. The minimum absolute atomic E-state index is 0.0325. The van der Waals surface area contributed by atoms with Gasteiger partial charge in [0.25, 0.3) is 0 Å². The molecule has 1 aliphatic rings. The van der Waals surface area contributed by atoms with Crippen LogP contribution in [0.1, 0.15) is 11.8 Å². The number of aliphatic hydroxyl groups is 2. The number of hydrogen-bond donors (Lipinski definition) is 3. The largest absolute Gasteiger partial charge is 0.459 e. The fraction of sp³-hybridized carbons (Fsp3) is 0.294. The van der Waals surface area contributed by atoms with E-state index in [-0.39, 0.29) is 12.4 Å². The minimum Gasteiger partial charge on any atom is -0.459 e. The van der Waals surface area contributed by atoms with Crippen molar-refractivity contribution in [1.29, 1.82) is 0 Å². The molecule has 2 aromatic heterocycles. The molecule has 140 valence electrons. The Hall–Kier alpha value is -3.08. The van der Waals surface area contributed by atoms with Gasteiger partial charge in [0.1, 0.15) is 30.7 Å². The zero-order chi connectivity index (χ0) is 19.0. The molecular weight excluding hydrogens is 354 g/mol. The van der Waals surface area contributed by atoms with Crippen molar-refractivity contribution < 1.29 is 24.5 Å². The summed E-state index contributed by atoms with van der Waals surface area (Å²) in [5.41, 5.74) is 7.19. The molecule has 0 saturated carbocycles. The quantitative estimate of drug-likeness (QED) is 0.529. The van der Waals surface area contributed by atoms with E-state index in [9.17, 15) is 15.0 Å². The number of hydrogen-bond acceptors (Lipinski definition) is 9. The van der Waals surface area contributed by atoms with Crippen LogP contribution in [0.3, 0.4) is 0 Å². The summed E-state index contributed by atoms with van der Waals surface area (Å²) in [7, 11) is 0. The molecule has 1 aromatic carbocycles. The molecule has 10 heteroatoms. The Kier molecular flexibility index (Phi) is 4.44. The maximum absolute atomic E-state index is 12.3. The van der Waals surface area contributed by atoms with Crippen LogP contribution >= 0.6 is 0 Å². The smallest absolute Gasteiger partial charge is 0.338 e. The molecule has 27 heavy (non-hydrogen) atoms. The molecule has 0 bridgehead atoms. The predicted octanol–water partition coefficient (Wildman–Crippen LogP) is -0.229. The average Bonchev–Trinajstić information content (AvgIpc) is 3.23. The van der Waals surface area contributed by atoms with Crippen LogP contribution in [0.2, 0.25) is 0 Å². The minimum atomic E-state index is -1.46. The topological polar surface area (TPSA) is 146 Å². The van der Waals surface area contributed by atoms with E-state index < -0.39 is 30.5 Å². The summed E-state index contributed by atoms with van der Waals surface area (Å²) in [6.45, 7) is 0.0325. The number of rotatable bonds is 4. The number of imidazole rings is 1. The van der Waals surface area contributed by atoms with Crippen molar-refractivity contribution in [3.8, 4) is 0 Å². The molecule has 0 spiro atoms. The van der Waals surface area contributed by atoms with Gasteiger partial charge in [0, 0.05) is 0 Å². The fourth-order valence-electron chi connectivity index (χ4n) is 2.95. The summed E-state index contributed by atoms with van der Waals surface area (Å²) < 4.78 is 12.2. The highest BCUT2D eigenvalue weighted by atomic mass is 16.6. The Bertz CT molecular complexity index is 963. The van der Waals surface area contributed by atoms with Gasteiger partial charge in [-0.3, -0.25) is 4.57 Å². The molecule has 4 rings (SSSR count). The third-order valence-corrected chi connectivity index (χ3v) is 4.36. The van der Waals surface area contributed by atoms with E-state index in [2.05, 4.69) is 15.0 Å². The van der Waals surface area contributed by atoms with Crippen LogP contribution < -0.4 is 5.73 Å². The number of aromatic nitrogens is 4. The van der Waals surface area contributed by atoms with E-state index >= 15 is 0 Å². The summed E-state index contributed by atoms with van der Waals surface area (Å²) in [5.74, 6) is -0.600. The molecule has 1 unspecified atom stereocenters. The van der Waals surface area contributed by atoms with Crippen molar-refractivity contribution in [1.82, 2.24) is 19.5 Å². The highest BCUT2D eigenvalue weighted by molar-refractivity contribution is 5.81. The van der Waals surface area contributed by atoms with Crippen LogP contribution in [0.4, 0.5) is 5.82 Å². The average molecular weight is 371 g/mol. The van der Waals surface area contributed by atoms with Crippen molar-refractivity contribution in [2.75, 3.05) is 5.73 Å². The van der Waals surface area contributed by atoms with E-state index in [0.29, 0.717) is 11.2 Å². The second-order valence-electron chi connectivity index (χ2n) is 6.10. The van der Waals surface area contributed by atoms with Gasteiger partial charge >= 0.3 is 5.97 Å². The van der Waals surface area contributed by atoms with E-state index in [1.807, 2.05) is 18.2 Å². The lowest BCUT2D eigenvalue weighted by Crippen LogP contribution is -2.37. The number of nitrogens with two attached hydrogens (primary N) is 1.